The number of fused-ring (bicyclic) bond motifs is 5. The molecule has 0 unspecified atom stereocenters. The van der Waals surface area contributed by atoms with Crippen LogP contribution in [0.3, 0.4) is 0 Å². The Kier molecular flexibility index (Phi) is 6.46. The smallest absolute Gasteiger partial charge is 0.231 e. The van der Waals surface area contributed by atoms with Crippen LogP contribution in [0.4, 0.5) is 0 Å². The van der Waals surface area contributed by atoms with E-state index in [1.54, 1.807) is 17.7 Å². The molecule has 3 heterocycles. The van der Waals surface area contributed by atoms with Crippen molar-refractivity contribution in [2.45, 2.75) is 75.8 Å². The molecule has 1 fully saturated rings. The molecule has 1 amide bonds. The number of thiophene rings is 1. The van der Waals surface area contributed by atoms with Crippen LogP contribution >= 0.6 is 23.1 Å². The summed E-state index contributed by atoms with van der Waals surface area (Å²) in [7, 11) is 0. The van der Waals surface area contributed by atoms with Gasteiger partial charge in [-0.1, -0.05) is 68.8 Å². The molecular weight excluding hydrogens is 484 g/mol. The third-order valence-electron chi connectivity index (χ3n) is 7.63. The largest absolute Gasteiger partial charge is 0.346 e. The Bertz CT molecular complexity index is 1420. The highest BCUT2D eigenvalue weighted by Gasteiger charge is 2.36. The highest BCUT2D eigenvalue weighted by Crippen LogP contribution is 2.43. The molecule has 2 aliphatic carbocycles. The summed E-state index contributed by atoms with van der Waals surface area (Å²) < 4.78 is 1.06. The van der Waals surface area contributed by atoms with Gasteiger partial charge in [0.15, 0.2) is 0 Å². The first-order chi connectivity index (χ1) is 17.5. The van der Waals surface area contributed by atoms with Crippen molar-refractivity contribution in [2.24, 2.45) is 5.92 Å². The number of amides is 1. The lowest BCUT2D eigenvalue weighted by Gasteiger charge is -2.31. The van der Waals surface area contributed by atoms with Crippen LogP contribution < -0.4 is 5.32 Å². The van der Waals surface area contributed by atoms with Gasteiger partial charge in [-0.3, -0.25) is 4.79 Å². The number of carbonyl (C=O) groups excluding carboxylic acids is 1. The lowest BCUT2D eigenvalue weighted by Crippen LogP contribution is -2.44. The molecule has 1 saturated carbocycles. The molecule has 0 aliphatic heterocycles. The van der Waals surface area contributed by atoms with E-state index in [0.29, 0.717) is 11.7 Å². The van der Waals surface area contributed by atoms with Gasteiger partial charge in [0.1, 0.15) is 16.2 Å². The number of carbonyl (C=O) groups is 1. The normalized spacial score (nSPS) is 16.8. The molecule has 0 bridgehead atoms. The SMILES string of the molecule is CC(C)Cc1nc2sc3c(SCC(=O)NC4(c5ccccc5)CCCC4)ncnc3c2c2c1CCC2. The van der Waals surface area contributed by atoms with Gasteiger partial charge in [0.2, 0.25) is 5.91 Å². The van der Waals surface area contributed by atoms with Crippen LogP contribution in [-0.2, 0) is 29.6 Å². The number of aromatic nitrogens is 3. The van der Waals surface area contributed by atoms with Crippen molar-refractivity contribution in [1.29, 1.82) is 0 Å². The maximum absolute atomic E-state index is 13.2. The van der Waals surface area contributed by atoms with Crippen LogP contribution in [0.5, 0.6) is 0 Å². The lowest BCUT2D eigenvalue weighted by molar-refractivity contribution is -0.120. The van der Waals surface area contributed by atoms with Gasteiger partial charge < -0.3 is 5.32 Å². The quantitative estimate of drug-likeness (QED) is 0.221. The highest BCUT2D eigenvalue weighted by molar-refractivity contribution is 8.00. The first-order valence-corrected chi connectivity index (χ1v) is 14.9. The maximum atomic E-state index is 13.2. The molecule has 7 heteroatoms. The summed E-state index contributed by atoms with van der Waals surface area (Å²) in [5.74, 6) is 0.994. The third kappa shape index (κ3) is 4.30. The van der Waals surface area contributed by atoms with Crippen molar-refractivity contribution in [3.05, 3.63) is 59.0 Å². The van der Waals surface area contributed by atoms with Crippen LogP contribution in [0, 0.1) is 5.92 Å². The summed E-state index contributed by atoms with van der Waals surface area (Å²) in [6.07, 6.45) is 10.4. The van der Waals surface area contributed by atoms with Crippen LogP contribution in [0.2, 0.25) is 0 Å². The average Bonchev–Trinajstić information content (AvgIpc) is 3.61. The number of rotatable bonds is 7. The van der Waals surface area contributed by atoms with Gasteiger partial charge in [0.05, 0.1) is 21.5 Å². The van der Waals surface area contributed by atoms with Crippen LogP contribution in [-0.4, -0.2) is 26.6 Å². The predicted octanol–water partition coefficient (Wildman–Crippen LogP) is 6.60. The summed E-state index contributed by atoms with van der Waals surface area (Å²) in [6.45, 7) is 4.52. The van der Waals surface area contributed by atoms with Gasteiger partial charge in [-0.25, -0.2) is 15.0 Å². The highest BCUT2D eigenvalue weighted by atomic mass is 32.2. The molecule has 3 aromatic heterocycles. The first-order valence-electron chi connectivity index (χ1n) is 13.1. The maximum Gasteiger partial charge on any atom is 0.231 e. The van der Waals surface area contributed by atoms with E-state index in [0.717, 1.165) is 65.0 Å². The van der Waals surface area contributed by atoms with E-state index < -0.39 is 0 Å². The second kappa shape index (κ2) is 9.75. The zero-order valence-electron chi connectivity index (χ0n) is 21.0. The predicted molar refractivity (Wildman–Crippen MR) is 149 cm³/mol. The van der Waals surface area contributed by atoms with Crippen molar-refractivity contribution >= 4 is 49.4 Å². The van der Waals surface area contributed by atoms with Crippen molar-refractivity contribution in [2.75, 3.05) is 5.75 Å². The van der Waals surface area contributed by atoms with E-state index in [2.05, 4.69) is 48.4 Å². The summed E-state index contributed by atoms with van der Waals surface area (Å²) in [5.41, 5.74) is 6.14. The number of pyridine rings is 1. The van der Waals surface area contributed by atoms with Crippen molar-refractivity contribution in [3.8, 4) is 0 Å². The number of nitrogens with zero attached hydrogens (tertiary/aromatic N) is 3. The molecule has 1 N–H and O–H groups in total. The molecule has 0 atom stereocenters. The van der Waals surface area contributed by atoms with Gasteiger partial charge >= 0.3 is 0 Å². The summed E-state index contributed by atoms with van der Waals surface area (Å²) in [4.78, 5) is 28.7. The summed E-state index contributed by atoms with van der Waals surface area (Å²) in [5, 5.41) is 5.51. The van der Waals surface area contributed by atoms with Gasteiger partial charge in [-0.05, 0) is 61.1 Å². The fraction of sp³-hybridized carbons (Fsp3) is 0.448. The Morgan fingerprint density at radius 1 is 1.08 bits per heavy atom. The number of hydrogen-bond donors (Lipinski definition) is 1. The molecule has 0 spiro atoms. The molecule has 4 aromatic rings. The topological polar surface area (TPSA) is 67.8 Å². The Morgan fingerprint density at radius 3 is 2.64 bits per heavy atom. The molecule has 1 aromatic carbocycles. The van der Waals surface area contributed by atoms with E-state index in [9.17, 15) is 4.79 Å². The average molecular weight is 517 g/mol. The number of aryl methyl sites for hydroxylation is 1. The summed E-state index contributed by atoms with van der Waals surface area (Å²) in [6, 6.07) is 10.4. The Hall–Kier alpha value is -2.51. The van der Waals surface area contributed by atoms with Crippen molar-refractivity contribution < 1.29 is 4.79 Å². The number of benzene rings is 1. The number of hydrogen-bond acceptors (Lipinski definition) is 6. The molecule has 0 radical (unpaired) electrons. The number of thioether (sulfide) groups is 1. The van der Waals surface area contributed by atoms with Gasteiger partial charge in [-0.2, -0.15) is 0 Å². The standard InChI is InChI=1S/C29H32N4OS2/c1-18(2)15-22-20-11-8-12-21(20)24-25-26(36-27(24)32-22)28(31-17-30-25)35-16-23(34)33-29(13-6-7-14-29)19-9-4-3-5-10-19/h3-5,9-10,17-18H,6-8,11-16H2,1-2H3,(H,33,34). The number of nitrogens with one attached hydrogen (secondary N) is 1. The third-order valence-corrected chi connectivity index (χ3v) is 9.83. The molecule has 186 valence electrons. The fourth-order valence-electron chi connectivity index (χ4n) is 6.07. The molecule has 36 heavy (non-hydrogen) atoms. The van der Waals surface area contributed by atoms with Crippen LogP contribution in [0.15, 0.2) is 41.7 Å². The molecule has 5 nitrogen and oxygen atoms in total. The first kappa shape index (κ1) is 23.9. The minimum atomic E-state index is -0.241. The van der Waals surface area contributed by atoms with E-state index in [-0.39, 0.29) is 11.4 Å². The zero-order chi connectivity index (χ0) is 24.7. The molecular formula is C29H32N4OS2. The molecule has 0 saturated heterocycles. The Balaban J connectivity index is 1.28. The van der Waals surface area contributed by atoms with Crippen molar-refractivity contribution in [1.82, 2.24) is 20.3 Å². The Morgan fingerprint density at radius 2 is 1.86 bits per heavy atom. The lowest BCUT2D eigenvalue weighted by atomic mass is 9.88. The molecule has 2 aliphatic rings. The minimum absolute atomic E-state index is 0.0665. The minimum Gasteiger partial charge on any atom is -0.346 e. The van der Waals surface area contributed by atoms with E-state index in [1.807, 2.05) is 6.07 Å². The second-order valence-corrected chi connectivity index (χ2v) is 12.6. The van der Waals surface area contributed by atoms with Crippen LogP contribution in [0.25, 0.3) is 20.4 Å². The van der Waals surface area contributed by atoms with Crippen molar-refractivity contribution in [3.63, 3.8) is 0 Å². The van der Waals surface area contributed by atoms with Gasteiger partial charge in [0, 0.05) is 11.1 Å². The monoisotopic (exact) mass is 516 g/mol. The van der Waals surface area contributed by atoms with Gasteiger partial charge in [0.25, 0.3) is 0 Å². The fourth-order valence-corrected chi connectivity index (χ4v) is 8.13. The Labute approximate surface area is 220 Å². The van der Waals surface area contributed by atoms with E-state index in [4.69, 9.17) is 9.97 Å². The zero-order valence-corrected chi connectivity index (χ0v) is 22.6. The molecule has 6 rings (SSSR count). The van der Waals surface area contributed by atoms with E-state index >= 15 is 0 Å². The van der Waals surface area contributed by atoms with E-state index in [1.165, 1.54) is 46.0 Å². The van der Waals surface area contributed by atoms with Gasteiger partial charge in [-0.15, -0.1) is 11.3 Å². The van der Waals surface area contributed by atoms with Crippen LogP contribution in [0.1, 0.15) is 68.3 Å². The second-order valence-electron chi connectivity index (χ2n) is 10.6. The summed E-state index contributed by atoms with van der Waals surface area (Å²) >= 11 is 3.21.